The van der Waals surface area contributed by atoms with Gasteiger partial charge in [-0.1, -0.05) is 36.4 Å². The molecule has 3 aromatic rings. The van der Waals surface area contributed by atoms with Crippen molar-refractivity contribution >= 4 is 23.2 Å². The molecule has 7 heteroatoms. The number of carbonyl (C=O) groups is 2. The average molecular weight is 431 g/mol. The van der Waals surface area contributed by atoms with Gasteiger partial charge in [0.05, 0.1) is 18.5 Å². The number of benzene rings is 3. The maximum atomic E-state index is 12.1. The van der Waals surface area contributed by atoms with Crippen LogP contribution in [0.2, 0.25) is 0 Å². The smallest absolute Gasteiger partial charge is 0.329 e. The Kier molecular flexibility index (Phi) is 7.59. The third kappa shape index (κ3) is 5.95. The van der Waals surface area contributed by atoms with Gasteiger partial charge in [0, 0.05) is 0 Å². The molecule has 0 aliphatic rings. The first-order chi connectivity index (χ1) is 15.5. The van der Waals surface area contributed by atoms with Crippen molar-refractivity contribution in [1.29, 1.82) is 0 Å². The van der Waals surface area contributed by atoms with E-state index >= 15 is 0 Å². The quantitative estimate of drug-likeness (QED) is 0.335. The van der Waals surface area contributed by atoms with E-state index < -0.39 is 11.8 Å². The van der Waals surface area contributed by atoms with Gasteiger partial charge in [0.1, 0.15) is 18.1 Å². The molecular weight excluding hydrogens is 406 g/mol. The Bertz CT molecular complexity index is 1120. The fourth-order valence-electron chi connectivity index (χ4n) is 2.90. The van der Waals surface area contributed by atoms with Crippen LogP contribution in [0.4, 0.5) is 5.69 Å². The molecule has 32 heavy (non-hydrogen) atoms. The van der Waals surface area contributed by atoms with Crippen LogP contribution in [0.3, 0.4) is 0 Å². The molecule has 2 amide bonds. The molecular formula is C25H25N3O4. The van der Waals surface area contributed by atoms with Crippen molar-refractivity contribution in [2.45, 2.75) is 20.5 Å². The van der Waals surface area contributed by atoms with Gasteiger partial charge in [-0.3, -0.25) is 9.59 Å². The monoisotopic (exact) mass is 431 g/mol. The number of para-hydroxylation sites is 2. The van der Waals surface area contributed by atoms with Crippen molar-refractivity contribution in [3.63, 3.8) is 0 Å². The summed E-state index contributed by atoms with van der Waals surface area (Å²) in [4.78, 5) is 24.2. The number of ether oxygens (including phenoxy) is 2. The molecule has 0 aromatic heterocycles. The molecule has 2 N–H and O–H groups in total. The lowest BCUT2D eigenvalue weighted by Gasteiger charge is -2.10. The number of hydrazone groups is 1. The van der Waals surface area contributed by atoms with Crippen LogP contribution >= 0.6 is 0 Å². The van der Waals surface area contributed by atoms with Crippen LogP contribution in [-0.4, -0.2) is 24.6 Å². The van der Waals surface area contributed by atoms with Gasteiger partial charge >= 0.3 is 11.8 Å². The molecule has 0 saturated carbocycles. The Morgan fingerprint density at radius 2 is 1.59 bits per heavy atom. The summed E-state index contributed by atoms with van der Waals surface area (Å²) in [6.07, 6.45) is 0. The molecule has 0 fully saturated rings. The van der Waals surface area contributed by atoms with E-state index in [1.165, 1.54) is 12.7 Å². The molecule has 0 saturated heterocycles. The van der Waals surface area contributed by atoms with E-state index in [0.29, 0.717) is 23.8 Å². The molecule has 0 spiro atoms. The first-order valence-electron chi connectivity index (χ1n) is 10.0. The number of nitrogens with zero attached hydrogens (tertiary/aromatic N) is 1. The highest BCUT2D eigenvalue weighted by Crippen LogP contribution is 2.22. The van der Waals surface area contributed by atoms with Gasteiger partial charge in [-0.2, -0.15) is 5.10 Å². The Balaban J connectivity index is 1.55. The predicted octanol–water partition coefficient (Wildman–Crippen LogP) is 4.06. The van der Waals surface area contributed by atoms with E-state index in [-0.39, 0.29) is 0 Å². The Morgan fingerprint density at radius 1 is 0.906 bits per heavy atom. The SMILES string of the molecule is COc1ccccc1NC(=O)C(=O)N/N=C(\C)c1ccc(OCc2ccccc2C)cc1. The highest BCUT2D eigenvalue weighted by atomic mass is 16.5. The number of aryl methyl sites for hydroxylation is 1. The minimum atomic E-state index is -0.881. The van der Waals surface area contributed by atoms with E-state index in [1.54, 1.807) is 31.2 Å². The Hall–Kier alpha value is -4.13. The predicted molar refractivity (Wildman–Crippen MR) is 124 cm³/mol. The van der Waals surface area contributed by atoms with Crippen molar-refractivity contribution in [3.05, 3.63) is 89.5 Å². The maximum Gasteiger partial charge on any atom is 0.329 e. The highest BCUT2D eigenvalue weighted by molar-refractivity contribution is 6.39. The van der Waals surface area contributed by atoms with Gasteiger partial charge in [-0.25, -0.2) is 5.43 Å². The zero-order chi connectivity index (χ0) is 22.9. The van der Waals surface area contributed by atoms with E-state index in [1.807, 2.05) is 55.5 Å². The fourth-order valence-corrected chi connectivity index (χ4v) is 2.90. The average Bonchev–Trinajstić information content (AvgIpc) is 2.82. The molecule has 0 bridgehead atoms. The number of nitrogens with one attached hydrogen (secondary N) is 2. The van der Waals surface area contributed by atoms with Crippen LogP contribution in [0.15, 0.2) is 77.9 Å². The van der Waals surface area contributed by atoms with Crippen molar-refractivity contribution in [2.24, 2.45) is 5.10 Å². The van der Waals surface area contributed by atoms with Crippen LogP contribution in [0, 0.1) is 6.92 Å². The number of rotatable bonds is 7. The lowest BCUT2D eigenvalue weighted by atomic mass is 10.1. The molecule has 164 valence electrons. The fraction of sp³-hybridized carbons (Fsp3) is 0.160. The molecule has 3 rings (SSSR count). The van der Waals surface area contributed by atoms with E-state index in [4.69, 9.17) is 9.47 Å². The summed E-state index contributed by atoms with van der Waals surface area (Å²) in [6, 6.07) is 22.2. The maximum absolute atomic E-state index is 12.1. The summed E-state index contributed by atoms with van der Waals surface area (Å²) in [5.74, 6) is -0.539. The number of carbonyl (C=O) groups excluding carboxylic acids is 2. The second-order valence-electron chi connectivity index (χ2n) is 7.03. The standard InChI is InChI=1S/C25H25N3O4/c1-17-8-4-5-9-20(17)16-32-21-14-12-19(13-15-21)18(2)27-28-25(30)24(29)26-22-10-6-7-11-23(22)31-3/h4-15H,16H2,1-3H3,(H,26,29)(H,28,30)/b27-18+. The van der Waals surface area contributed by atoms with Crippen LogP contribution in [0.25, 0.3) is 0 Å². The molecule has 0 aliphatic carbocycles. The van der Waals surface area contributed by atoms with Crippen molar-refractivity contribution in [2.75, 3.05) is 12.4 Å². The summed E-state index contributed by atoms with van der Waals surface area (Å²) in [5.41, 5.74) is 6.32. The minimum Gasteiger partial charge on any atom is -0.495 e. The van der Waals surface area contributed by atoms with Gasteiger partial charge in [-0.05, 0) is 66.9 Å². The van der Waals surface area contributed by atoms with Gasteiger partial charge in [0.2, 0.25) is 0 Å². The third-order valence-electron chi connectivity index (χ3n) is 4.81. The van der Waals surface area contributed by atoms with E-state index in [9.17, 15) is 9.59 Å². The van der Waals surface area contributed by atoms with Crippen molar-refractivity contribution < 1.29 is 19.1 Å². The van der Waals surface area contributed by atoms with Gasteiger partial charge in [0.25, 0.3) is 0 Å². The van der Waals surface area contributed by atoms with Gasteiger partial charge in [0.15, 0.2) is 0 Å². The molecule has 7 nitrogen and oxygen atoms in total. The molecule has 0 atom stereocenters. The lowest BCUT2D eigenvalue weighted by Crippen LogP contribution is -2.33. The minimum absolute atomic E-state index is 0.400. The normalized spacial score (nSPS) is 10.9. The number of methoxy groups -OCH3 is 1. The summed E-state index contributed by atoms with van der Waals surface area (Å²) in [5, 5.41) is 6.52. The van der Waals surface area contributed by atoms with E-state index in [0.717, 1.165) is 16.9 Å². The topological polar surface area (TPSA) is 89.0 Å². The first kappa shape index (κ1) is 22.6. The summed E-state index contributed by atoms with van der Waals surface area (Å²) in [6.45, 7) is 4.27. The third-order valence-corrected chi connectivity index (χ3v) is 4.81. The molecule has 0 unspecified atom stereocenters. The van der Waals surface area contributed by atoms with Crippen LogP contribution in [0.5, 0.6) is 11.5 Å². The van der Waals surface area contributed by atoms with Gasteiger partial charge < -0.3 is 14.8 Å². The number of amides is 2. The molecule has 0 radical (unpaired) electrons. The second-order valence-corrected chi connectivity index (χ2v) is 7.03. The number of hydrogen-bond acceptors (Lipinski definition) is 5. The lowest BCUT2D eigenvalue weighted by molar-refractivity contribution is -0.136. The van der Waals surface area contributed by atoms with Crippen LogP contribution < -0.4 is 20.2 Å². The second kappa shape index (κ2) is 10.8. The Morgan fingerprint density at radius 3 is 2.31 bits per heavy atom. The summed E-state index contributed by atoms with van der Waals surface area (Å²) >= 11 is 0. The van der Waals surface area contributed by atoms with E-state index in [2.05, 4.69) is 15.8 Å². The first-order valence-corrected chi connectivity index (χ1v) is 10.0. The summed E-state index contributed by atoms with van der Waals surface area (Å²) < 4.78 is 11.0. The van der Waals surface area contributed by atoms with Crippen molar-refractivity contribution in [3.8, 4) is 11.5 Å². The zero-order valence-electron chi connectivity index (χ0n) is 18.2. The van der Waals surface area contributed by atoms with Crippen LogP contribution in [-0.2, 0) is 16.2 Å². The Labute approximate surface area is 187 Å². The van der Waals surface area contributed by atoms with Crippen LogP contribution in [0.1, 0.15) is 23.6 Å². The zero-order valence-corrected chi connectivity index (χ0v) is 18.2. The number of hydrogen-bond donors (Lipinski definition) is 2. The summed E-state index contributed by atoms with van der Waals surface area (Å²) in [7, 11) is 1.48. The van der Waals surface area contributed by atoms with Gasteiger partial charge in [-0.15, -0.1) is 0 Å². The van der Waals surface area contributed by atoms with Crippen molar-refractivity contribution in [1.82, 2.24) is 5.43 Å². The highest BCUT2D eigenvalue weighted by Gasteiger charge is 2.15. The number of anilines is 1. The molecule has 0 aliphatic heterocycles. The molecule has 3 aromatic carbocycles. The molecule has 0 heterocycles. The largest absolute Gasteiger partial charge is 0.495 e.